The molecule has 4 heterocycles. The van der Waals surface area contributed by atoms with E-state index in [1.165, 1.54) is 5.56 Å². The Balaban J connectivity index is 1.34. The fourth-order valence-electron chi connectivity index (χ4n) is 4.27. The van der Waals surface area contributed by atoms with Gasteiger partial charge in [0.2, 0.25) is 12.6 Å². The number of benzene rings is 1. The molecule has 28 heavy (non-hydrogen) atoms. The van der Waals surface area contributed by atoms with Gasteiger partial charge in [0.1, 0.15) is 5.69 Å². The van der Waals surface area contributed by atoms with Crippen molar-refractivity contribution in [2.45, 2.75) is 26.2 Å². The SMILES string of the molecule is CC1(Cc2ccc3c(c2)OCO3)CCCN(C(=O)c2cn3cccnc3n2)C1. The molecule has 0 saturated carbocycles. The lowest BCUT2D eigenvalue weighted by molar-refractivity contribution is 0.0545. The quantitative estimate of drug-likeness (QED) is 0.701. The number of aromatic nitrogens is 3. The molecule has 144 valence electrons. The number of rotatable bonds is 3. The van der Waals surface area contributed by atoms with Crippen molar-refractivity contribution in [3.05, 3.63) is 54.1 Å². The van der Waals surface area contributed by atoms with Gasteiger partial charge >= 0.3 is 0 Å². The van der Waals surface area contributed by atoms with Gasteiger partial charge in [-0.3, -0.25) is 9.20 Å². The highest BCUT2D eigenvalue weighted by Gasteiger charge is 2.34. The van der Waals surface area contributed by atoms with Gasteiger partial charge in [0.25, 0.3) is 5.91 Å². The maximum Gasteiger partial charge on any atom is 0.274 e. The number of ether oxygens (including phenoxy) is 2. The summed E-state index contributed by atoms with van der Waals surface area (Å²) in [7, 11) is 0. The number of piperidine rings is 1. The minimum Gasteiger partial charge on any atom is -0.454 e. The standard InChI is InChI=1S/C21H22N4O3/c1-21(11-15-4-5-17-18(10-15)28-14-27-17)6-2-8-25(13-21)19(26)16-12-24-9-3-7-22-20(24)23-16/h3-5,7,9-10,12H,2,6,8,11,13-14H2,1H3. The maximum atomic E-state index is 13.0. The van der Waals surface area contributed by atoms with Gasteiger partial charge in [0, 0.05) is 31.7 Å². The van der Waals surface area contributed by atoms with Crippen LogP contribution in [0.3, 0.4) is 0 Å². The van der Waals surface area contributed by atoms with Gasteiger partial charge in [-0.15, -0.1) is 0 Å². The Morgan fingerprint density at radius 1 is 1.29 bits per heavy atom. The summed E-state index contributed by atoms with van der Waals surface area (Å²) in [4.78, 5) is 23.6. The molecule has 0 radical (unpaired) electrons. The summed E-state index contributed by atoms with van der Waals surface area (Å²) in [6.07, 6.45) is 8.25. The zero-order valence-corrected chi connectivity index (χ0v) is 15.8. The highest BCUT2D eigenvalue weighted by atomic mass is 16.7. The van der Waals surface area contributed by atoms with E-state index in [1.807, 2.05) is 23.2 Å². The molecular weight excluding hydrogens is 356 g/mol. The first kappa shape index (κ1) is 17.0. The molecule has 0 aliphatic carbocycles. The molecule has 0 spiro atoms. The van der Waals surface area contributed by atoms with E-state index in [9.17, 15) is 4.79 Å². The van der Waals surface area contributed by atoms with Gasteiger partial charge in [0.15, 0.2) is 11.5 Å². The molecule has 1 atom stereocenters. The van der Waals surface area contributed by atoms with Crippen LogP contribution in [0.5, 0.6) is 11.5 Å². The molecule has 1 unspecified atom stereocenters. The monoisotopic (exact) mass is 378 g/mol. The van der Waals surface area contributed by atoms with Crippen molar-refractivity contribution < 1.29 is 14.3 Å². The molecule has 1 aromatic carbocycles. The number of carbonyl (C=O) groups is 1. The van der Waals surface area contributed by atoms with Crippen LogP contribution in [0.1, 0.15) is 35.8 Å². The molecule has 7 nitrogen and oxygen atoms in total. The second kappa shape index (κ2) is 6.51. The van der Waals surface area contributed by atoms with Gasteiger partial charge in [-0.1, -0.05) is 13.0 Å². The average Bonchev–Trinajstić information content (AvgIpc) is 3.33. The highest BCUT2D eigenvalue weighted by Crippen LogP contribution is 2.37. The third-order valence-electron chi connectivity index (χ3n) is 5.59. The van der Waals surface area contributed by atoms with Crippen molar-refractivity contribution in [1.29, 1.82) is 0 Å². The molecule has 2 aliphatic rings. The second-order valence-corrected chi connectivity index (χ2v) is 7.96. The van der Waals surface area contributed by atoms with Crippen LogP contribution in [-0.4, -0.2) is 45.1 Å². The van der Waals surface area contributed by atoms with Gasteiger partial charge < -0.3 is 14.4 Å². The first-order chi connectivity index (χ1) is 13.6. The molecule has 3 aromatic rings. The maximum absolute atomic E-state index is 13.0. The Bertz CT molecular complexity index is 1010. The van der Waals surface area contributed by atoms with Gasteiger partial charge in [-0.05, 0) is 48.4 Å². The Labute approximate surface area is 162 Å². The Morgan fingerprint density at radius 3 is 3.07 bits per heavy atom. The van der Waals surface area contributed by atoms with Crippen molar-refractivity contribution >= 4 is 11.7 Å². The Kier molecular flexibility index (Phi) is 3.96. The van der Waals surface area contributed by atoms with Crippen LogP contribution >= 0.6 is 0 Å². The molecule has 2 aliphatic heterocycles. The lowest BCUT2D eigenvalue weighted by Crippen LogP contribution is -2.45. The van der Waals surface area contributed by atoms with Crippen molar-refractivity contribution in [3.8, 4) is 11.5 Å². The summed E-state index contributed by atoms with van der Waals surface area (Å²) in [5.41, 5.74) is 1.67. The summed E-state index contributed by atoms with van der Waals surface area (Å²) in [6.45, 7) is 4.01. The molecular formula is C21H22N4O3. The number of hydrogen-bond donors (Lipinski definition) is 0. The van der Waals surface area contributed by atoms with Crippen LogP contribution in [0.15, 0.2) is 42.9 Å². The van der Waals surface area contributed by atoms with Crippen LogP contribution in [0.4, 0.5) is 0 Å². The van der Waals surface area contributed by atoms with E-state index in [0.717, 1.165) is 37.3 Å². The van der Waals surface area contributed by atoms with E-state index < -0.39 is 0 Å². The van der Waals surface area contributed by atoms with Gasteiger partial charge in [-0.25, -0.2) is 9.97 Å². The van der Waals surface area contributed by atoms with Crippen molar-refractivity contribution in [2.75, 3.05) is 19.9 Å². The van der Waals surface area contributed by atoms with E-state index in [0.29, 0.717) is 18.0 Å². The molecule has 1 saturated heterocycles. The molecule has 0 N–H and O–H groups in total. The van der Waals surface area contributed by atoms with Crippen molar-refractivity contribution in [2.24, 2.45) is 5.41 Å². The lowest BCUT2D eigenvalue weighted by Gasteiger charge is -2.40. The fraction of sp³-hybridized carbons (Fsp3) is 0.381. The first-order valence-electron chi connectivity index (χ1n) is 9.57. The molecule has 2 aromatic heterocycles. The smallest absolute Gasteiger partial charge is 0.274 e. The lowest BCUT2D eigenvalue weighted by atomic mass is 9.77. The van der Waals surface area contributed by atoms with E-state index in [-0.39, 0.29) is 18.1 Å². The summed E-state index contributed by atoms with van der Waals surface area (Å²) in [6, 6.07) is 7.94. The van der Waals surface area contributed by atoms with E-state index in [1.54, 1.807) is 16.8 Å². The zero-order chi connectivity index (χ0) is 19.1. The number of imidazole rings is 1. The summed E-state index contributed by atoms with van der Waals surface area (Å²) in [5, 5.41) is 0. The van der Waals surface area contributed by atoms with Crippen LogP contribution in [-0.2, 0) is 6.42 Å². The summed E-state index contributed by atoms with van der Waals surface area (Å²) >= 11 is 0. The number of fused-ring (bicyclic) bond motifs is 2. The van der Waals surface area contributed by atoms with Gasteiger partial charge in [-0.2, -0.15) is 0 Å². The van der Waals surface area contributed by atoms with Crippen LogP contribution in [0.25, 0.3) is 5.78 Å². The molecule has 7 heteroatoms. The summed E-state index contributed by atoms with van der Waals surface area (Å²) < 4.78 is 12.7. The Hall–Kier alpha value is -3.09. The minimum atomic E-state index is -0.0258. The minimum absolute atomic E-state index is 0.0129. The zero-order valence-electron chi connectivity index (χ0n) is 15.8. The van der Waals surface area contributed by atoms with Crippen LogP contribution in [0, 0.1) is 5.41 Å². The molecule has 1 fully saturated rings. The average molecular weight is 378 g/mol. The molecule has 0 bridgehead atoms. The number of carbonyl (C=O) groups excluding carboxylic acids is 1. The van der Waals surface area contributed by atoms with Crippen LogP contribution in [0.2, 0.25) is 0 Å². The largest absolute Gasteiger partial charge is 0.454 e. The molecule has 1 amide bonds. The first-order valence-corrected chi connectivity index (χ1v) is 9.57. The van der Waals surface area contributed by atoms with Gasteiger partial charge in [0.05, 0.1) is 0 Å². The predicted molar refractivity (Wildman–Crippen MR) is 103 cm³/mol. The topological polar surface area (TPSA) is 69.0 Å². The van der Waals surface area contributed by atoms with Crippen molar-refractivity contribution in [3.63, 3.8) is 0 Å². The number of hydrogen-bond acceptors (Lipinski definition) is 5. The third kappa shape index (κ3) is 3.06. The third-order valence-corrected chi connectivity index (χ3v) is 5.59. The number of amides is 1. The highest BCUT2D eigenvalue weighted by molar-refractivity contribution is 5.92. The van der Waals surface area contributed by atoms with E-state index in [2.05, 4.69) is 29.0 Å². The summed E-state index contributed by atoms with van der Waals surface area (Å²) in [5.74, 6) is 2.13. The predicted octanol–water partition coefficient (Wildman–Crippen LogP) is 2.94. The van der Waals surface area contributed by atoms with E-state index in [4.69, 9.17) is 9.47 Å². The normalized spacial score (nSPS) is 21.2. The Morgan fingerprint density at radius 2 is 2.18 bits per heavy atom. The fourth-order valence-corrected chi connectivity index (χ4v) is 4.27. The van der Waals surface area contributed by atoms with Crippen molar-refractivity contribution in [1.82, 2.24) is 19.3 Å². The second-order valence-electron chi connectivity index (χ2n) is 7.96. The van der Waals surface area contributed by atoms with Crippen LogP contribution < -0.4 is 9.47 Å². The van der Waals surface area contributed by atoms with E-state index >= 15 is 0 Å². The number of likely N-dealkylation sites (tertiary alicyclic amines) is 1. The number of nitrogens with zero attached hydrogens (tertiary/aromatic N) is 4. The molecule has 5 rings (SSSR count).